The highest BCUT2D eigenvalue weighted by Crippen LogP contribution is 2.24. The van der Waals surface area contributed by atoms with Gasteiger partial charge in [-0.1, -0.05) is 35.9 Å². The lowest BCUT2D eigenvalue weighted by atomic mass is 10.6. The van der Waals surface area contributed by atoms with E-state index < -0.39 is 5.97 Å². The van der Waals surface area contributed by atoms with E-state index in [9.17, 15) is 4.79 Å². The first-order valence-electron chi connectivity index (χ1n) is 3.00. The second-order valence-electron chi connectivity index (χ2n) is 1.68. The lowest BCUT2D eigenvalue weighted by Gasteiger charge is -2.00. The molecule has 0 heterocycles. The van der Waals surface area contributed by atoms with E-state index in [1.165, 1.54) is 17.8 Å². The van der Waals surface area contributed by atoms with Gasteiger partial charge in [-0.15, -0.1) is 11.8 Å². The Balaban J connectivity index is 4.18. The molecule has 0 radical (unpaired) electrons. The van der Waals surface area contributed by atoms with E-state index in [0.29, 0.717) is 0 Å². The smallest absolute Gasteiger partial charge is 0.352 e. The van der Waals surface area contributed by atoms with Gasteiger partial charge in [0.2, 0.25) is 0 Å². The molecular weight excluding hydrogens is 219 g/mol. The first-order valence-corrected chi connectivity index (χ1v) is 4.98. The van der Waals surface area contributed by atoms with Crippen molar-refractivity contribution in [2.24, 2.45) is 0 Å². The van der Waals surface area contributed by atoms with Crippen LogP contribution in [0.25, 0.3) is 0 Å². The summed E-state index contributed by atoms with van der Waals surface area (Å²) in [5.74, 6) is -0.629. The highest BCUT2D eigenvalue weighted by atomic mass is 35.5. The Bertz CT molecular complexity index is 213. The molecule has 0 unspecified atom stereocenters. The molecule has 0 aromatic rings. The summed E-state index contributed by atoms with van der Waals surface area (Å²) in [6, 6.07) is 0. The van der Waals surface area contributed by atoms with Gasteiger partial charge in [-0.2, -0.15) is 0 Å². The molecule has 0 saturated carbocycles. The van der Waals surface area contributed by atoms with Gasteiger partial charge in [0.05, 0.1) is 4.36 Å². The van der Waals surface area contributed by atoms with Gasteiger partial charge in [-0.25, -0.2) is 4.79 Å². The van der Waals surface area contributed by atoms with E-state index in [2.05, 4.69) is 11.3 Å². The predicted molar refractivity (Wildman–Crippen MR) is 53.4 cm³/mol. The summed E-state index contributed by atoms with van der Waals surface area (Å²) in [6.45, 7) is 3.51. The van der Waals surface area contributed by atoms with Crippen LogP contribution in [0.2, 0.25) is 0 Å². The highest BCUT2D eigenvalue weighted by Gasteiger charge is 2.11. The number of ether oxygens (including phenoxy) is 1. The molecule has 0 N–H and O–H groups in total. The van der Waals surface area contributed by atoms with Gasteiger partial charge >= 0.3 is 5.97 Å². The van der Waals surface area contributed by atoms with Crippen molar-refractivity contribution in [2.75, 3.05) is 12.9 Å². The summed E-state index contributed by atoms with van der Waals surface area (Å²) >= 11 is 12.3. The molecule has 0 aliphatic heterocycles. The molecule has 0 saturated heterocycles. The molecule has 0 fully saturated rings. The molecular formula is C7H8Cl2O2S. The average molecular weight is 227 g/mol. The van der Waals surface area contributed by atoms with Crippen LogP contribution in [0.15, 0.2) is 22.1 Å². The lowest BCUT2D eigenvalue weighted by Crippen LogP contribution is -2.04. The van der Waals surface area contributed by atoms with E-state index in [4.69, 9.17) is 23.2 Å². The van der Waals surface area contributed by atoms with Gasteiger partial charge in [-0.05, 0) is 6.26 Å². The van der Waals surface area contributed by atoms with Gasteiger partial charge in [0.15, 0.2) is 5.03 Å². The number of halogens is 2. The number of thioether (sulfide) groups is 1. The maximum Gasteiger partial charge on any atom is 0.352 e. The first-order chi connectivity index (χ1) is 5.63. The van der Waals surface area contributed by atoms with Crippen molar-refractivity contribution < 1.29 is 9.53 Å². The molecule has 68 valence electrons. The number of hydrogen-bond donors (Lipinski definition) is 0. The summed E-state index contributed by atoms with van der Waals surface area (Å²) in [4.78, 5) is 10.9. The Kier molecular flexibility index (Phi) is 6.34. The first kappa shape index (κ1) is 11.9. The molecule has 0 bridgehead atoms. The SMILES string of the molecule is C=CCOC(=O)/C(Cl)=C(\Cl)SC. The highest BCUT2D eigenvalue weighted by molar-refractivity contribution is 8.04. The Labute approximate surface area is 85.6 Å². The topological polar surface area (TPSA) is 26.3 Å². The Morgan fingerprint density at radius 1 is 1.67 bits per heavy atom. The largest absolute Gasteiger partial charge is 0.457 e. The minimum atomic E-state index is -0.629. The van der Waals surface area contributed by atoms with Crippen molar-refractivity contribution in [2.45, 2.75) is 0 Å². The van der Waals surface area contributed by atoms with Crippen LogP contribution < -0.4 is 0 Å². The maximum absolute atomic E-state index is 10.9. The van der Waals surface area contributed by atoms with Crippen LogP contribution in [0.5, 0.6) is 0 Å². The second kappa shape index (κ2) is 6.40. The summed E-state index contributed by atoms with van der Waals surface area (Å²) < 4.78 is 4.86. The standard InChI is InChI=1S/C7H8Cl2O2S/c1-3-4-11-7(10)5(8)6(9)12-2/h3H,1,4H2,2H3/b6-5-. The average Bonchev–Trinajstić information content (AvgIpc) is 2.11. The molecule has 0 atom stereocenters. The van der Waals surface area contributed by atoms with Gasteiger partial charge in [0, 0.05) is 0 Å². The monoisotopic (exact) mass is 226 g/mol. The van der Waals surface area contributed by atoms with Crippen molar-refractivity contribution in [3.05, 3.63) is 22.1 Å². The third kappa shape index (κ3) is 4.04. The lowest BCUT2D eigenvalue weighted by molar-refractivity contribution is -0.137. The number of carbonyl (C=O) groups is 1. The number of rotatable bonds is 4. The Hall–Kier alpha value is -0.120. The fourth-order valence-corrected chi connectivity index (χ4v) is 0.994. The zero-order valence-electron chi connectivity index (χ0n) is 6.47. The summed E-state index contributed by atoms with van der Waals surface area (Å²) in [7, 11) is 0. The number of carbonyl (C=O) groups excluding carboxylic acids is 1. The van der Waals surface area contributed by atoms with E-state index in [1.54, 1.807) is 6.26 Å². The zero-order valence-corrected chi connectivity index (χ0v) is 8.80. The van der Waals surface area contributed by atoms with Crippen molar-refractivity contribution in [3.63, 3.8) is 0 Å². The van der Waals surface area contributed by atoms with Gasteiger partial charge in [-0.3, -0.25) is 0 Å². The molecule has 12 heavy (non-hydrogen) atoms. The van der Waals surface area contributed by atoms with Crippen LogP contribution in [-0.4, -0.2) is 18.8 Å². The third-order valence-electron chi connectivity index (χ3n) is 0.863. The summed E-state index contributed by atoms with van der Waals surface area (Å²) in [5.41, 5.74) is 0. The molecule has 5 heteroatoms. The van der Waals surface area contributed by atoms with Gasteiger partial charge in [0.1, 0.15) is 6.61 Å². The molecule has 2 nitrogen and oxygen atoms in total. The molecule has 0 aromatic carbocycles. The van der Waals surface area contributed by atoms with Crippen LogP contribution in [0.3, 0.4) is 0 Å². The van der Waals surface area contributed by atoms with Crippen LogP contribution in [0.4, 0.5) is 0 Å². The molecule has 0 amide bonds. The molecule has 0 aliphatic carbocycles. The zero-order chi connectivity index (χ0) is 9.56. The minimum Gasteiger partial charge on any atom is -0.457 e. The molecule has 0 rings (SSSR count). The fraction of sp³-hybridized carbons (Fsp3) is 0.286. The number of esters is 1. The van der Waals surface area contributed by atoms with Crippen LogP contribution >= 0.6 is 35.0 Å². The van der Waals surface area contributed by atoms with E-state index >= 15 is 0 Å². The van der Waals surface area contributed by atoms with Gasteiger partial charge in [0.25, 0.3) is 0 Å². The van der Waals surface area contributed by atoms with E-state index in [-0.39, 0.29) is 16.0 Å². The Morgan fingerprint density at radius 3 is 2.67 bits per heavy atom. The Morgan fingerprint density at radius 2 is 2.25 bits per heavy atom. The summed E-state index contributed by atoms with van der Waals surface area (Å²) in [6.07, 6.45) is 3.17. The molecule has 0 aromatic heterocycles. The van der Waals surface area contributed by atoms with Crippen LogP contribution in [0, 0.1) is 0 Å². The van der Waals surface area contributed by atoms with Gasteiger partial charge < -0.3 is 4.74 Å². The van der Waals surface area contributed by atoms with Crippen molar-refractivity contribution in [1.82, 2.24) is 0 Å². The normalized spacial score (nSPS) is 11.9. The van der Waals surface area contributed by atoms with Crippen LogP contribution in [-0.2, 0) is 9.53 Å². The predicted octanol–water partition coefficient (Wildman–Crippen LogP) is 2.73. The van der Waals surface area contributed by atoms with Crippen molar-refractivity contribution in [1.29, 1.82) is 0 Å². The molecule has 0 spiro atoms. The summed E-state index contributed by atoms with van der Waals surface area (Å²) in [5, 5.41) is -0.0917. The number of hydrogen-bond acceptors (Lipinski definition) is 3. The van der Waals surface area contributed by atoms with E-state index in [1.807, 2.05) is 0 Å². The molecule has 0 aliphatic rings. The maximum atomic E-state index is 10.9. The quantitative estimate of drug-likeness (QED) is 0.419. The third-order valence-corrected chi connectivity index (χ3v) is 2.63. The van der Waals surface area contributed by atoms with Crippen molar-refractivity contribution >= 4 is 40.9 Å². The second-order valence-corrected chi connectivity index (χ2v) is 3.48. The minimum absolute atomic E-state index is 0.0917. The van der Waals surface area contributed by atoms with Crippen molar-refractivity contribution in [3.8, 4) is 0 Å². The van der Waals surface area contributed by atoms with Crippen LogP contribution in [0.1, 0.15) is 0 Å². The fourth-order valence-electron chi connectivity index (χ4n) is 0.368. The van der Waals surface area contributed by atoms with E-state index in [0.717, 1.165) is 0 Å².